The van der Waals surface area contributed by atoms with Crippen molar-refractivity contribution in [3.8, 4) is 0 Å². The first-order valence-electron chi connectivity index (χ1n) is 11.4. The fourth-order valence-electron chi connectivity index (χ4n) is 3.99. The van der Waals surface area contributed by atoms with Gasteiger partial charge in [-0.1, -0.05) is 27.7 Å². The molecule has 0 spiro atoms. The molecule has 0 aromatic carbocycles. The first kappa shape index (κ1) is 26.3. The van der Waals surface area contributed by atoms with Crippen LogP contribution in [0.3, 0.4) is 0 Å². The summed E-state index contributed by atoms with van der Waals surface area (Å²) in [4.78, 5) is 58.5. The SMILES string of the molecule is CC(C)CC(N)C(=O)N1CCCC1C(=O)NC(C(=O)NC(Cc1cnc[nH]1)C(=O)O)C(C)C. The summed E-state index contributed by atoms with van der Waals surface area (Å²) in [5.74, 6) is -2.55. The molecule has 184 valence electrons. The van der Waals surface area contributed by atoms with Gasteiger partial charge in [0.2, 0.25) is 17.7 Å². The second-order valence-electron chi connectivity index (χ2n) is 9.34. The van der Waals surface area contributed by atoms with Crippen LogP contribution < -0.4 is 16.4 Å². The minimum atomic E-state index is -1.20. The lowest BCUT2D eigenvalue weighted by Crippen LogP contribution is -2.58. The first-order valence-corrected chi connectivity index (χ1v) is 11.4. The van der Waals surface area contributed by atoms with Crippen molar-refractivity contribution in [1.82, 2.24) is 25.5 Å². The molecule has 3 amide bonds. The molecule has 1 aromatic rings. The van der Waals surface area contributed by atoms with E-state index in [0.29, 0.717) is 31.5 Å². The molecule has 1 fully saturated rings. The number of hydrogen-bond donors (Lipinski definition) is 5. The lowest BCUT2D eigenvalue weighted by Gasteiger charge is -2.30. The average Bonchev–Trinajstić information content (AvgIpc) is 3.41. The number of amides is 3. The largest absolute Gasteiger partial charge is 0.480 e. The summed E-state index contributed by atoms with van der Waals surface area (Å²) < 4.78 is 0. The van der Waals surface area contributed by atoms with Crippen LogP contribution >= 0.6 is 0 Å². The minimum Gasteiger partial charge on any atom is -0.480 e. The van der Waals surface area contributed by atoms with Crippen molar-refractivity contribution in [2.45, 2.75) is 77.5 Å². The van der Waals surface area contributed by atoms with Gasteiger partial charge in [0.15, 0.2) is 0 Å². The zero-order valence-corrected chi connectivity index (χ0v) is 19.7. The maximum Gasteiger partial charge on any atom is 0.326 e. The van der Waals surface area contributed by atoms with E-state index in [2.05, 4.69) is 20.6 Å². The number of nitrogens with zero attached hydrogens (tertiary/aromatic N) is 2. The monoisotopic (exact) mass is 464 g/mol. The number of carboxylic acids is 1. The molecule has 33 heavy (non-hydrogen) atoms. The van der Waals surface area contributed by atoms with Gasteiger partial charge in [-0.15, -0.1) is 0 Å². The topological polar surface area (TPSA) is 171 Å². The van der Waals surface area contributed by atoms with Gasteiger partial charge in [0, 0.05) is 24.9 Å². The molecule has 2 rings (SSSR count). The van der Waals surface area contributed by atoms with Crippen molar-refractivity contribution in [3.63, 3.8) is 0 Å². The zero-order chi connectivity index (χ0) is 24.7. The highest BCUT2D eigenvalue weighted by Crippen LogP contribution is 2.20. The number of likely N-dealkylation sites (tertiary alicyclic amines) is 1. The Hall–Kier alpha value is -2.95. The fraction of sp³-hybridized carbons (Fsp3) is 0.682. The van der Waals surface area contributed by atoms with Crippen LogP contribution in [0, 0.1) is 11.8 Å². The van der Waals surface area contributed by atoms with E-state index in [1.54, 1.807) is 13.8 Å². The predicted molar refractivity (Wildman–Crippen MR) is 121 cm³/mol. The molecule has 0 saturated carbocycles. The number of H-pyrrole nitrogens is 1. The third kappa shape index (κ3) is 7.28. The van der Waals surface area contributed by atoms with E-state index in [-0.39, 0.29) is 24.2 Å². The van der Waals surface area contributed by atoms with Crippen molar-refractivity contribution in [3.05, 3.63) is 18.2 Å². The number of imidazole rings is 1. The minimum absolute atomic E-state index is 0.0263. The molecule has 4 atom stereocenters. The van der Waals surface area contributed by atoms with Crippen LogP contribution in [0.2, 0.25) is 0 Å². The third-order valence-electron chi connectivity index (χ3n) is 5.72. The van der Waals surface area contributed by atoms with Gasteiger partial charge >= 0.3 is 5.97 Å². The van der Waals surface area contributed by atoms with Crippen molar-refractivity contribution < 1.29 is 24.3 Å². The van der Waals surface area contributed by atoms with Gasteiger partial charge < -0.3 is 31.4 Å². The lowest BCUT2D eigenvalue weighted by atomic mass is 10.0. The molecule has 0 radical (unpaired) electrons. The molecule has 1 aliphatic rings. The van der Waals surface area contributed by atoms with Gasteiger partial charge in [0.1, 0.15) is 18.1 Å². The molecule has 1 saturated heterocycles. The van der Waals surface area contributed by atoms with Gasteiger partial charge in [-0.3, -0.25) is 14.4 Å². The predicted octanol–water partition coefficient (Wildman–Crippen LogP) is 0.0268. The number of carbonyl (C=O) groups excluding carboxylic acids is 3. The molecule has 2 heterocycles. The number of nitrogens with one attached hydrogen (secondary N) is 3. The molecule has 11 nitrogen and oxygen atoms in total. The quantitative estimate of drug-likeness (QED) is 0.307. The Kier molecular flexibility index (Phi) is 9.39. The van der Waals surface area contributed by atoms with Crippen LogP contribution in [0.15, 0.2) is 12.5 Å². The Morgan fingerprint density at radius 3 is 2.48 bits per heavy atom. The maximum atomic E-state index is 13.0. The fourth-order valence-corrected chi connectivity index (χ4v) is 3.99. The summed E-state index contributed by atoms with van der Waals surface area (Å²) in [6, 6.07) is -3.52. The molecule has 6 N–H and O–H groups in total. The standard InChI is InChI=1S/C22H36N6O5/c1-12(2)8-15(23)21(31)28-7-5-6-17(28)19(29)27-18(13(3)4)20(30)26-16(22(32)33)9-14-10-24-11-25-14/h10-13,15-18H,5-9,23H2,1-4H3,(H,24,25)(H,26,30)(H,27,29)(H,32,33). The number of hydrogen-bond acceptors (Lipinski definition) is 6. The highest BCUT2D eigenvalue weighted by molar-refractivity contribution is 5.94. The molecule has 11 heteroatoms. The number of rotatable bonds is 11. The van der Waals surface area contributed by atoms with E-state index in [1.165, 1.54) is 17.4 Å². The number of aromatic amines is 1. The Balaban J connectivity index is 2.06. The molecule has 1 aliphatic heterocycles. The smallest absolute Gasteiger partial charge is 0.326 e. The van der Waals surface area contributed by atoms with Crippen molar-refractivity contribution in [2.24, 2.45) is 17.6 Å². The van der Waals surface area contributed by atoms with E-state index >= 15 is 0 Å². The Morgan fingerprint density at radius 1 is 1.24 bits per heavy atom. The van der Waals surface area contributed by atoms with Crippen LogP contribution in [-0.2, 0) is 25.6 Å². The Labute approximate surface area is 193 Å². The number of carbonyl (C=O) groups is 4. The Morgan fingerprint density at radius 2 is 1.94 bits per heavy atom. The number of carboxylic acid groups (broad SMARTS) is 1. The van der Waals surface area contributed by atoms with Crippen molar-refractivity contribution in [1.29, 1.82) is 0 Å². The van der Waals surface area contributed by atoms with E-state index < -0.39 is 42.0 Å². The Bertz CT molecular complexity index is 825. The average molecular weight is 465 g/mol. The van der Waals surface area contributed by atoms with Gasteiger partial charge in [-0.2, -0.15) is 0 Å². The van der Waals surface area contributed by atoms with Crippen LogP contribution in [-0.4, -0.2) is 74.4 Å². The molecule has 1 aromatic heterocycles. The van der Waals surface area contributed by atoms with E-state index in [9.17, 15) is 24.3 Å². The van der Waals surface area contributed by atoms with Crippen LogP contribution in [0.25, 0.3) is 0 Å². The number of nitrogens with two attached hydrogens (primary N) is 1. The number of aromatic nitrogens is 2. The second kappa shape index (κ2) is 11.8. The van der Waals surface area contributed by atoms with Gasteiger partial charge in [-0.05, 0) is 31.1 Å². The maximum absolute atomic E-state index is 13.0. The normalized spacial score (nSPS) is 18.8. The van der Waals surface area contributed by atoms with Gasteiger partial charge in [0.25, 0.3) is 0 Å². The summed E-state index contributed by atoms with van der Waals surface area (Å²) in [7, 11) is 0. The second-order valence-corrected chi connectivity index (χ2v) is 9.34. The molecule has 0 bridgehead atoms. The summed E-state index contributed by atoms with van der Waals surface area (Å²) in [5, 5.41) is 14.7. The summed E-state index contributed by atoms with van der Waals surface area (Å²) in [6.45, 7) is 7.90. The highest BCUT2D eigenvalue weighted by Gasteiger charge is 2.38. The molecular weight excluding hydrogens is 428 g/mol. The van der Waals surface area contributed by atoms with E-state index in [1.807, 2.05) is 13.8 Å². The molecular formula is C22H36N6O5. The highest BCUT2D eigenvalue weighted by atomic mass is 16.4. The molecule has 0 aliphatic carbocycles. The van der Waals surface area contributed by atoms with E-state index in [0.717, 1.165) is 0 Å². The number of aliphatic carboxylic acids is 1. The zero-order valence-electron chi connectivity index (χ0n) is 19.7. The van der Waals surface area contributed by atoms with E-state index in [4.69, 9.17) is 5.73 Å². The van der Waals surface area contributed by atoms with Crippen LogP contribution in [0.5, 0.6) is 0 Å². The van der Waals surface area contributed by atoms with Crippen molar-refractivity contribution in [2.75, 3.05) is 6.54 Å². The van der Waals surface area contributed by atoms with Crippen LogP contribution in [0.4, 0.5) is 0 Å². The van der Waals surface area contributed by atoms with Crippen molar-refractivity contribution >= 4 is 23.7 Å². The summed E-state index contributed by atoms with van der Waals surface area (Å²) in [6.07, 6.45) is 4.61. The third-order valence-corrected chi connectivity index (χ3v) is 5.72. The lowest BCUT2D eigenvalue weighted by molar-refractivity contribution is -0.143. The molecule has 4 unspecified atom stereocenters. The first-order chi connectivity index (χ1) is 15.5. The van der Waals surface area contributed by atoms with Gasteiger partial charge in [-0.25, -0.2) is 9.78 Å². The summed E-state index contributed by atoms with van der Waals surface area (Å²) >= 11 is 0. The summed E-state index contributed by atoms with van der Waals surface area (Å²) in [5.41, 5.74) is 6.61. The van der Waals surface area contributed by atoms with Crippen LogP contribution in [0.1, 0.15) is 52.7 Å². The van der Waals surface area contributed by atoms with Gasteiger partial charge in [0.05, 0.1) is 12.4 Å².